The zero-order valence-corrected chi connectivity index (χ0v) is 21.9. The van der Waals surface area contributed by atoms with Gasteiger partial charge in [0.1, 0.15) is 11.5 Å². The number of hydrogen-bond donors (Lipinski definition) is 3. The molecular formula is C26H26Cl2FN3O6. The zero-order valence-electron chi connectivity index (χ0n) is 20.4. The third kappa shape index (κ3) is 7.53. The van der Waals surface area contributed by atoms with Crippen molar-refractivity contribution in [2.24, 2.45) is 0 Å². The fraction of sp³-hybridized carbons (Fsp3) is 0.308. The predicted octanol–water partition coefficient (Wildman–Crippen LogP) is 4.12. The Bertz CT molecular complexity index is 1320. The molecule has 0 bridgehead atoms. The fourth-order valence-electron chi connectivity index (χ4n) is 3.58. The van der Waals surface area contributed by atoms with E-state index in [1.165, 1.54) is 12.1 Å². The second kappa shape index (κ2) is 13.4. The van der Waals surface area contributed by atoms with Gasteiger partial charge < -0.3 is 20.3 Å². The monoisotopic (exact) mass is 565 g/mol. The lowest BCUT2D eigenvalue weighted by atomic mass is 10.0. The largest absolute Gasteiger partial charge is 0.477 e. The number of aromatic nitrogens is 2. The summed E-state index contributed by atoms with van der Waals surface area (Å²) >= 11 is 12.0. The van der Waals surface area contributed by atoms with Gasteiger partial charge in [-0.3, -0.25) is 9.48 Å². The van der Waals surface area contributed by atoms with Crippen LogP contribution in [-0.4, -0.2) is 56.6 Å². The molecule has 2 atom stereocenters. The molecule has 1 aromatic heterocycles. The Labute approximate surface area is 228 Å². The maximum absolute atomic E-state index is 14.3. The van der Waals surface area contributed by atoms with Crippen molar-refractivity contribution in [2.75, 3.05) is 6.61 Å². The van der Waals surface area contributed by atoms with E-state index in [9.17, 15) is 29.0 Å². The van der Waals surface area contributed by atoms with Gasteiger partial charge in [0.05, 0.1) is 19.2 Å². The number of halogens is 3. The lowest BCUT2D eigenvalue weighted by Gasteiger charge is -2.23. The molecule has 0 spiro atoms. The van der Waals surface area contributed by atoms with Gasteiger partial charge in [-0.2, -0.15) is 5.10 Å². The topological polar surface area (TPSA) is 131 Å². The first kappa shape index (κ1) is 29.1. The molecule has 2 aromatic carbocycles. The van der Waals surface area contributed by atoms with E-state index >= 15 is 0 Å². The number of aromatic carboxylic acids is 1. The Morgan fingerprint density at radius 1 is 1.13 bits per heavy atom. The summed E-state index contributed by atoms with van der Waals surface area (Å²) in [7, 11) is 0. The Hall–Kier alpha value is -3.47. The number of carbonyl (C=O) groups excluding carboxylic acids is 2. The normalized spacial score (nSPS) is 12.6. The smallest absolute Gasteiger partial charge is 0.354 e. The van der Waals surface area contributed by atoms with Crippen LogP contribution in [0.2, 0.25) is 10.0 Å². The lowest BCUT2D eigenvalue weighted by Crippen LogP contribution is -2.49. The number of unbranched alkanes of at least 4 members (excludes halogenated alkanes) is 1. The minimum Gasteiger partial charge on any atom is -0.477 e. The molecule has 202 valence electrons. The van der Waals surface area contributed by atoms with Crippen molar-refractivity contribution in [1.82, 2.24) is 15.1 Å². The molecule has 0 saturated carbocycles. The first-order valence-electron chi connectivity index (χ1n) is 11.7. The van der Waals surface area contributed by atoms with Crippen molar-refractivity contribution in [1.29, 1.82) is 0 Å². The summed E-state index contributed by atoms with van der Waals surface area (Å²) in [6, 6.07) is 10.5. The van der Waals surface area contributed by atoms with Gasteiger partial charge in [-0.1, -0.05) is 60.8 Å². The van der Waals surface area contributed by atoms with E-state index in [0.717, 1.165) is 23.2 Å². The Balaban J connectivity index is 1.86. The second-order valence-electron chi connectivity index (χ2n) is 8.45. The highest BCUT2D eigenvalue weighted by molar-refractivity contribution is 6.31. The van der Waals surface area contributed by atoms with Crippen LogP contribution in [0, 0.1) is 5.82 Å². The van der Waals surface area contributed by atoms with Crippen LogP contribution in [-0.2, 0) is 22.5 Å². The minimum atomic E-state index is -1.74. The highest BCUT2D eigenvalue weighted by Gasteiger charge is 2.31. The molecule has 0 fully saturated rings. The highest BCUT2D eigenvalue weighted by atomic mass is 35.5. The number of rotatable bonds is 12. The number of aliphatic hydroxyl groups is 1. The molecule has 1 heterocycles. The predicted molar refractivity (Wildman–Crippen MR) is 138 cm³/mol. The number of amides is 1. The molecule has 9 nitrogen and oxygen atoms in total. The number of ether oxygens (including phenoxy) is 1. The van der Waals surface area contributed by atoms with Gasteiger partial charge in [0, 0.05) is 21.7 Å². The number of carbonyl (C=O) groups is 3. The number of esters is 1. The van der Waals surface area contributed by atoms with E-state index in [2.05, 4.69) is 10.4 Å². The van der Waals surface area contributed by atoms with Crippen molar-refractivity contribution in [2.45, 2.75) is 44.9 Å². The highest BCUT2D eigenvalue weighted by Crippen LogP contribution is 2.20. The quantitative estimate of drug-likeness (QED) is 0.222. The average molecular weight is 566 g/mol. The third-order valence-corrected chi connectivity index (χ3v) is 6.25. The Kier molecular flexibility index (Phi) is 10.2. The maximum Gasteiger partial charge on any atom is 0.354 e. The van der Waals surface area contributed by atoms with Crippen molar-refractivity contribution < 1.29 is 33.7 Å². The second-order valence-corrected chi connectivity index (χ2v) is 9.30. The van der Waals surface area contributed by atoms with Crippen molar-refractivity contribution >= 4 is 41.0 Å². The number of nitrogens with zero attached hydrogens (tertiary/aromatic N) is 2. The molecule has 0 unspecified atom stereocenters. The first-order valence-corrected chi connectivity index (χ1v) is 12.5. The summed E-state index contributed by atoms with van der Waals surface area (Å²) in [5.74, 6) is -3.84. The summed E-state index contributed by atoms with van der Waals surface area (Å²) in [6.07, 6.45) is -0.393. The fourth-order valence-corrected chi connectivity index (χ4v) is 3.95. The SMILES string of the molecule is CCCCOC(=O)[C@H](O)[C@@H](Cc1ccccc1Cl)NC(=O)c1cc(C(=O)O)n(Cc2ccc(Cl)cc2F)n1. The van der Waals surface area contributed by atoms with Crippen LogP contribution >= 0.6 is 23.2 Å². The Morgan fingerprint density at radius 3 is 2.53 bits per heavy atom. The molecule has 12 heteroatoms. The standard InChI is InChI=1S/C26H26Cl2FN3O6/c1-2-3-10-38-26(37)23(33)20(11-15-6-4-5-7-18(15)28)30-24(34)21-13-22(25(35)36)32(31-21)14-16-8-9-17(27)12-19(16)29/h4-9,12-13,20,23,33H,2-3,10-11,14H2,1H3,(H,30,34)(H,35,36)/t20-,23-/m1/s1. The summed E-state index contributed by atoms with van der Waals surface area (Å²) in [4.78, 5) is 37.3. The molecule has 0 saturated heterocycles. The molecule has 3 aromatic rings. The summed E-state index contributed by atoms with van der Waals surface area (Å²) in [6.45, 7) is 1.73. The van der Waals surface area contributed by atoms with Crippen LogP contribution in [0.3, 0.4) is 0 Å². The van der Waals surface area contributed by atoms with Gasteiger partial charge in [-0.15, -0.1) is 0 Å². The van der Waals surface area contributed by atoms with Crippen molar-refractivity contribution in [3.05, 3.63) is 86.9 Å². The summed E-state index contributed by atoms with van der Waals surface area (Å²) < 4.78 is 20.4. The number of carboxylic acid groups (broad SMARTS) is 1. The van der Waals surface area contributed by atoms with Crippen LogP contribution in [0.1, 0.15) is 51.9 Å². The van der Waals surface area contributed by atoms with Crippen molar-refractivity contribution in [3.8, 4) is 0 Å². The molecule has 3 N–H and O–H groups in total. The van der Waals surface area contributed by atoms with E-state index in [4.69, 9.17) is 27.9 Å². The van der Waals surface area contributed by atoms with Gasteiger partial charge in [-0.25, -0.2) is 14.0 Å². The number of hydrogen-bond acceptors (Lipinski definition) is 6. The van der Waals surface area contributed by atoms with Crippen LogP contribution in [0.25, 0.3) is 0 Å². The van der Waals surface area contributed by atoms with Gasteiger partial charge in [0.15, 0.2) is 11.8 Å². The van der Waals surface area contributed by atoms with Gasteiger partial charge >= 0.3 is 11.9 Å². The molecule has 0 aliphatic carbocycles. The molecule has 3 rings (SSSR count). The number of benzene rings is 2. The first-order chi connectivity index (χ1) is 18.1. The number of nitrogens with one attached hydrogen (secondary N) is 1. The Morgan fingerprint density at radius 2 is 1.87 bits per heavy atom. The molecule has 0 aliphatic rings. The molecular weight excluding hydrogens is 540 g/mol. The van der Waals surface area contributed by atoms with E-state index in [1.807, 2.05) is 6.92 Å². The molecule has 0 radical (unpaired) electrons. The molecule has 0 aliphatic heterocycles. The maximum atomic E-state index is 14.3. The molecule has 38 heavy (non-hydrogen) atoms. The van der Waals surface area contributed by atoms with Gasteiger partial charge in [0.2, 0.25) is 0 Å². The number of carboxylic acids is 1. The van der Waals surface area contributed by atoms with Crippen LogP contribution in [0.15, 0.2) is 48.5 Å². The summed E-state index contributed by atoms with van der Waals surface area (Å²) in [5.41, 5.74) is -0.0252. The van der Waals surface area contributed by atoms with Gasteiger partial charge in [-0.05, 0) is 36.6 Å². The lowest BCUT2D eigenvalue weighted by molar-refractivity contribution is -0.155. The van der Waals surface area contributed by atoms with Crippen molar-refractivity contribution in [3.63, 3.8) is 0 Å². The average Bonchev–Trinajstić information content (AvgIpc) is 3.30. The van der Waals surface area contributed by atoms with Crippen LogP contribution < -0.4 is 5.32 Å². The third-order valence-electron chi connectivity index (χ3n) is 5.65. The molecule has 1 amide bonds. The van der Waals surface area contributed by atoms with E-state index < -0.39 is 35.8 Å². The van der Waals surface area contributed by atoms with E-state index in [1.54, 1.807) is 24.3 Å². The van der Waals surface area contributed by atoms with Gasteiger partial charge in [0.25, 0.3) is 5.91 Å². The number of aliphatic hydroxyl groups excluding tert-OH is 1. The van der Waals surface area contributed by atoms with E-state index in [-0.39, 0.29) is 41.5 Å². The zero-order chi connectivity index (χ0) is 27.8. The van der Waals surface area contributed by atoms with E-state index in [0.29, 0.717) is 17.0 Å². The summed E-state index contributed by atoms with van der Waals surface area (Å²) in [5, 5.41) is 27.4. The van der Waals surface area contributed by atoms with Crippen LogP contribution in [0.5, 0.6) is 0 Å². The minimum absolute atomic E-state index is 0.0298. The van der Waals surface area contributed by atoms with Crippen LogP contribution in [0.4, 0.5) is 4.39 Å².